The summed E-state index contributed by atoms with van der Waals surface area (Å²) in [6.07, 6.45) is -4.48. The molecule has 0 aliphatic rings. The lowest BCUT2D eigenvalue weighted by Gasteiger charge is -2.15. The molecule has 2 aromatic carbocycles. The minimum atomic E-state index is -4.61. The van der Waals surface area contributed by atoms with Crippen LogP contribution in [0.25, 0.3) is 22.0 Å². The van der Waals surface area contributed by atoms with E-state index in [1.165, 1.54) is 25.3 Å². The van der Waals surface area contributed by atoms with Crippen LogP contribution in [-0.4, -0.2) is 35.3 Å². The Hall–Kier alpha value is -2.49. The number of ether oxygens (including phenoxy) is 1. The predicted octanol–water partition coefficient (Wildman–Crippen LogP) is 5.27. The van der Waals surface area contributed by atoms with Gasteiger partial charge in [0.05, 0.1) is 22.8 Å². The van der Waals surface area contributed by atoms with E-state index in [-0.39, 0.29) is 62.3 Å². The standard InChI is InChI=1S/C21H17ClF3NO4S/c1-30-7-6-13(27)10-31-19-18(15-9-12(22)3-5-17(15)28)14-8-11(21(23,24)25)2-4-16(14)26-20(19)29/h2-5,8-9,28H,6-7,10H2,1H3,(H,26,29). The Bertz CT molecular complexity index is 1190. The number of fused-ring (bicyclic) bond motifs is 1. The van der Waals surface area contributed by atoms with E-state index < -0.39 is 17.3 Å². The molecule has 0 radical (unpaired) electrons. The Morgan fingerprint density at radius 2 is 1.97 bits per heavy atom. The van der Waals surface area contributed by atoms with E-state index >= 15 is 0 Å². The third-order valence-electron chi connectivity index (χ3n) is 4.49. The predicted molar refractivity (Wildman–Crippen MR) is 114 cm³/mol. The van der Waals surface area contributed by atoms with E-state index in [0.29, 0.717) is 0 Å². The van der Waals surface area contributed by atoms with Crippen molar-refractivity contribution in [2.24, 2.45) is 0 Å². The lowest BCUT2D eigenvalue weighted by atomic mass is 9.98. The topological polar surface area (TPSA) is 79.4 Å². The summed E-state index contributed by atoms with van der Waals surface area (Å²) in [5.74, 6) is -0.552. The minimum Gasteiger partial charge on any atom is -0.507 e. The molecule has 31 heavy (non-hydrogen) atoms. The molecule has 10 heteroatoms. The number of carbonyl (C=O) groups is 1. The number of rotatable bonds is 7. The molecule has 0 fully saturated rings. The number of methoxy groups -OCH3 is 1. The number of carbonyl (C=O) groups excluding carboxylic acids is 1. The fourth-order valence-electron chi connectivity index (χ4n) is 3.01. The molecule has 0 unspecified atom stereocenters. The van der Waals surface area contributed by atoms with Crippen LogP contribution >= 0.6 is 23.4 Å². The van der Waals surface area contributed by atoms with Gasteiger partial charge < -0.3 is 14.8 Å². The van der Waals surface area contributed by atoms with Gasteiger partial charge in [-0.05, 0) is 36.4 Å². The highest BCUT2D eigenvalue weighted by atomic mass is 35.5. The summed E-state index contributed by atoms with van der Waals surface area (Å²) in [7, 11) is 1.45. The smallest absolute Gasteiger partial charge is 0.416 e. The van der Waals surface area contributed by atoms with Crippen LogP contribution in [0.2, 0.25) is 5.02 Å². The molecule has 5 nitrogen and oxygen atoms in total. The lowest BCUT2D eigenvalue weighted by molar-refractivity contribution is -0.137. The highest BCUT2D eigenvalue weighted by molar-refractivity contribution is 8.00. The van der Waals surface area contributed by atoms with Crippen molar-refractivity contribution in [3.63, 3.8) is 0 Å². The van der Waals surface area contributed by atoms with Gasteiger partial charge in [0.15, 0.2) is 0 Å². The molecule has 0 atom stereocenters. The number of nitrogens with one attached hydrogen (secondary N) is 1. The van der Waals surface area contributed by atoms with Crippen LogP contribution in [0.4, 0.5) is 13.2 Å². The molecule has 2 N–H and O–H groups in total. The van der Waals surface area contributed by atoms with E-state index in [4.69, 9.17) is 16.3 Å². The van der Waals surface area contributed by atoms with Crippen LogP contribution in [0, 0.1) is 0 Å². The summed E-state index contributed by atoms with van der Waals surface area (Å²) in [6, 6.07) is 6.98. The van der Waals surface area contributed by atoms with Crippen molar-refractivity contribution in [1.29, 1.82) is 0 Å². The number of pyridine rings is 1. The Morgan fingerprint density at radius 1 is 1.23 bits per heavy atom. The number of phenols is 1. The molecule has 0 bridgehead atoms. The Balaban J connectivity index is 2.26. The molecule has 0 saturated heterocycles. The van der Waals surface area contributed by atoms with Crippen molar-refractivity contribution in [3.8, 4) is 16.9 Å². The first-order valence-electron chi connectivity index (χ1n) is 9.01. The Kier molecular flexibility index (Phi) is 6.98. The number of phenolic OH excluding ortho intramolecular Hbond substituents is 1. The molecular formula is C21H17ClF3NO4S. The van der Waals surface area contributed by atoms with E-state index in [1.807, 2.05) is 0 Å². The average Bonchev–Trinajstić information content (AvgIpc) is 2.71. The van der Waals surface area contributed by atoms with Gasteiger partial charge in [0.1, 0.15) is 11.5 Å². The molecule has 3 rings (SSSR count). The summed E-state index contributed by atoms with van der Waals surface area (Å²) in [6.45, 7) is 0.213. The zero-order valence-corrected chi connectivity index (χ0v) is 17.7. The number of thioether (sulfide) groups is 1. The van der Waals surface area contributed by atoms with E-state index in [2.05, 4.69) is 4.98 Å². The number of Topliss-reactive ketones (excluding diaryl/α,β-unsaturated/α-hetero) is 1. The van der Waals surface area contributed by atoms with Crippen LogP contribution in [0.5, 0.6) is 5.75 Å². The minimum absolute atomic E-state index is 0.00941. The van der Waals surface area contributed by atoms with Crippen molar-refractivity contribution in [1.82, 2.24) is 4.98 Å². The largest absolute Gasteiger partial charge is 0.507 e. The number of halogens is 4. The van der Waals surface area contributed by atoms with Crippen LogP contribution in [0.3, 0.4) is 0 Å². The van der Waals surface area contributed by atoms with Crippen molar-refractivity contribution >= 4 is 40.0 Å². The number of benzene rings is 2. The van der Waals surface area contributed by atoms with Crippen LogP contribution in [0.15, 0.2) is 46.1 Å². The van der Waals surface area contributed by atoms with E-state index in [1.54, 1.807) is 0 Å². The van der Waals surface area contributed by atoms with Gasteiger partial charge in [-0.25, -0.2) is 0 Å². The fourth-order valence-corrected chi connectivity index (χ4v) is 4.17. The van der Waals surface area contributed by atoms with E-state index in [0.717, 1.165) is 30.0 Å². The van der Waals surface area contributed by atoms with Crippen molar-refractivity contribution < 1.29 is 27.8 Å². The number of aromatic hydroxyl groups is 1. The van der Waals surface area contributed by atoms with Crippen LogP contribution in [-0.2, 0) is 15.7 Å². The van der Waals surface area contributed by atoms with Crippen LogP contribution in [0.1, 0.15) is 12.0 Å². The van der Waals surface area contributed by atoms with Crippen LogP contribution < -0.4 is 5.56 Å². The fraction of sp³-hybridized carbons (Fsp3) is 0.238. The summed E-state index contributed by atoms with van der Waals surface area (Å²) in [5.41, 5.74) is -1.18. The first-order valence-corrected chi connectivity index (χ1v) is 10.4. The second-order valence-corrected chi connectivity index (χ2v) is 8.07. The molecular weight excluding hydrogens is 455 g/mol. The maximum absolute atomic E-state index is 13.3. The van der Waals surface area contributed by atoms with E-state index in [9.17, 15) is 27.9 Å². The average molecular weight is 472 g/mol. The number of hydrogen-bond acceptors (Lipinski definition) is 5. The third-order valence-corrected chi connectivity index (χ3v) is 5.87. The number of alkyl halides is 3. The highest BCUT2D eigenvalue weighted by Crippen LogP contribution is 2.42. The number of ketones is 1. The quantitative estimate of drug-likeness (QED) is 0.459. The zero-order chi connectivity index (χ0) is 22.8. The van der Waals surface area contributed by atoms with Gasteiger partial charge in [0.25, 0.3) is 5.56 Å². The van der Waals surface area contributed by atoms with Crippen molar-refractivity contribution in [3.05, 3.63) is 57.3 Å². The number of H-pyrrole nitrogens is 1. The normalized spacial score (nSPS) is 11.8. The van der Waals surface area contributed by atoms with Gasteiger partial charge >= 0.3 is 6.18 Å². The molecule has 1 aromatic heterocycles. The van der Waals surface area contributed by atoms with Gasteiger partial charge in [0, 0.05) is 40.6 Å². The van der Waals surface area contributed by atoms with Gasteiger partial charge in [0.2, 0.25) is 0 Å². The second kappa shape index (κ2) is 9.33. The maximum Gasteiger partial charge on any atom is 0.416 e. The SMILES string of the molecule is COCCC(=O)CSc1c(-c2cc(Cl)ccc2O)c2cc(C(F)(F)F)ccc2[nH]c1=O. The van der Waals surface area contributed by atoms with Gasteiger partial charge in [-0.15, -0.1) is 11.8 Å². The number of hydrogen-bond donors (Lipinski definition) is 2. The second-order valence-electron chi connectivity index (χ2n) is 6.65. The third kappa shape index (κ3) is 5.23. The summed E-state index contributed by atoms with van der Waals surface area (Å²) < 4.78 is 44.9. The van der Waals surface area contributed by atoms with Gasteiger partial charge in [-0.2, -0.15) is 13.2 Å². The summed E-state index contributed by atoms with van der Waals surface area (Å²) >= 11 is 6.93. The highest BCUT2D eigenvalue weighted by Gasteiger charge is 2.31. The molecule has 3 aromatic rings. The Labute approximate surface area is 184 Å². The van der Waals surface area contributed by atoms with Gasteiger partial charge in [-0.3, -0.25) is 9.59 Å². The first-order chi connectivity index (χ1) is 14.6. The number of aromatic nitrogens is 1. The monoisotopic (exact) mass is 471 g/mol. The maximum atomic E-state index is 13.3. The molecule has 164 valence electrons. The molecule has 0 amide bonds. The lowest BCUT2D eigenvalue weighted by Crippen LogP contribution is -2.14. The molecule has 0 aliphatic carbocycles. The van der Waals surface area contributed by atoms with Crippen molar-refractivity contribution in [2.75, 3.05) is 19.5 Å². The molecule has 0 saturated carbocycles. The van der Waals surface area contributed by atoms with Gasteiger partial charge in [-0.1, -0.05) is 11.6 Å². The number of aromatic amines is 1. The summed E-state index contributed by atoms with van der Waals surface area (Å²) in [4.78, 5) is 27.4. The van der Waals surface area contributed by atoms with Crippen molar-refractivity contribution in [2.45, 2.75) is 17.5 Å². The first kappa shape index (κ1) is 23.2. The Morgan fingerprint density at radius 3 is 2.65 bits per heavy atom. The molecule has 0 aliphatic heterocycles. The molecule has 1 heterocycles. The zero-order valence-electron chi connectivity index (χ0n) is 16.2. The molecule has 0 spiro atoms. The summed E-state index contributed by atoms with van der Waals surface area (Å²) in [5, 5.41) is 10.7.